The number of carbonyl (C=O) groups is 1. The first-order valence-corrected chi connectivity index (χ1v) is 6.38. The van der Waals surface area contributed by atoms with E-state index >= 15 is 0 Å². The van der Waals surface area contributed by atoms with Gasteiger partial charge in [-0.2, -0.15) is 0 Å². The summed E-state index contributed by atoms with van der Waals surface area (Å²) in [5.41, 5.74) is 4.74. The summed E-state index contributed by atoms with van der Waals surface area (Å²) in [6, 6.07) is 6.87. The van der Waals surface area contributed by atoms with Gasteiger partial charge >= 0.3 is 6.03 Å². The smallest absolute Gasteiger partial charge is 0.322 e. The van der Waals surface area contributed by atoms with E-state index in [1.807, 2.05) is 4.72 Å². The number of hydrogen-bond donors (Lipinski definition) is 2. The topological polar surface area (TPSA) is 89.3 Å². The Bertz CT molecular complexity index is 416. The average molecular weight is 232 g/mol. The minimum atomic E-state index is -3.55. The molecule has 76 valence electrons. The highest BCUT2D eigenvalue weighted by Gasteiger charge is 2.15. The van der Waals surface area contributed by atoms with Gasteiger partial charge in [0.05, 0.1) is 15.9 Å². The van der Waals surface area contributed by atoms with Crippen LogP contribution in [-0.4, -0.2) is 14.4 Å². The summed E-state index contributed by atoms with van der Waals surface area (Å²) >= 11 is 0. The maximum Gasteiger partial charge on any atom is 0.322 e. The molecule has 2 amide bonds. The Labute approximate surface area is 85.1 Å². The summed E-state index contributed by atoms with van der Waals surface area (Å²) in [6.07, 6.45) is 0. The van der Waals surface area contributed by atoms with E-state index in [1.54, 1.807) is 18.2 Å². The van der Waals surface area contributed by atoms with E-state index < -0.39 is 14.9 Å². The van der Waals surface area contributed by atoms with Crippen molar-refractivity contribution in [2.45, 2.75) is 4.90 Å². The van der Waals surface area contributed by atoms with Gasteiger partial charge in [0.2, 0.25) is 8.87 Å². The van der Waals surface area contributed by atoms with E-state index in [2.05, 4.69) is 0 Å². The Balaban J connectivity index is 2.82. The zero-order valence-corrected chi connectivity index (χ0v) is 8.64. The molecule has 0 atom stereocenters. The van der Waals surface area contributed by atoms with E-state index in [9.17, 15) is 13.2 Å². The van der Waals surface area contributed by atoms with Crippen molar-refractivity contribution in [1.29, 1.82) is 0 Å². The van der Waals surface area contributed by atoms with Crippen molar-refractivity contribution in [1.82, 2.24) is 4.72 Å². The lowest BCUT2D eigenvalue weighted by atomic mass is 10.4. The predicted molar refractivity (Wildman–Crippen MR) is 53.9 cm³/mol. The van der Waals surface area contributed by atoms with Crippen molar-refractivity contribution in [2.24, 2.45) is 5.73 Å². The molecule has 14 heavy (non-hydrogen) atoms. The van der Waals surface area contributed by atoms with Crippen molar-refractivity contribution < 1.29 is 13.2 Å². The second-order valence-corrected chi connectivity index (χ2v) is 5.88. The van der Waals surface area contributed by atoms with Gasteiger partial charge < -0.3 is 5.73 Å². The first-order valence-electron chi connectivity index (χ1n) is 3.56. The molecule has 0 bridgehead atoms. The van der Waals surface area contributed by atoms with Gasteiger partial charge in [0.25, 0.3) is 0 Å². The molecule has 1 rings (SSSR count). The Hall–Kier alpha value is -1.21. The van der Waals surface area contributed by atoms with Gasteiger partial charge in [0.1, 0.15) is 0 Å². The van der Waals surface area contributed by atoms with Gasteiger partial charge in [-0.3, -0.25) is 4.72 Å². The molecule has 0 spiro atoms. The molecule has 7 heteroatoms. The molecule has 0 saturated heterocycles. The fourth-order valence-electron chi connectivity index (χ4n) is 0.731. The second-order valence-electron chi connectivity index (χ2n) is 2.32. The minimum absolute atomic E-state index is 0.124. The molecule has 3 N–H and O–H groups in total. The standard InChI is InChI=1S/C7H8N2O3S2/c8-7(10)9-13-14(11,12)6-4-2-1-3-5-6/h1-5H,(H3,8,9,10). The highest BCUT2D eigenvalue weighted by Crippen LogP contribution is 2.19. The van der Waals surface area contributed by atoms with Crippen LogP contribution in [-0.2, 0) is 8.87 Å². The van der Waals surface area contributed by atoms with Crippen LogP contribution in [0.5, 0.6) is 0 Å². The molecule has 1 aromatic carbocycles. The number of amides is 2. The van der Waals surface area contributed by atoms with Gasteiger partial charge in [-0.25, -0.2) is 13.2 Å². The van der Waals surface area contributed by atoms with Crippen LogP contribution < -0.4 is 10.5 Å². The van der Waals surface area contributed by atoms with Gasteiger partial charge in [0, 0.05) is 0 Å². The normalized spacial score (nSPS) is 10.9. The van der Waals surface area contributed by atoms with Crippen molar-refractivity contribution in [3.05, 3.63) is 30.3 Å². The fourth-order valence-corrected chi connectivity index (χ4v) is 2.71. The van der Waals surface area contributed by atoms with Crippen LogP contribution in [0.1, 0.15) is 0 Å². The van der Waals surface area contributed by atoms with Crippen molar-refractivity contribution in [3.8, 4) is 0 Å². The van der Waals surface area contributed by atoms with Crippen LogP contribution in [0, 0.1) is 0 Å². The third kappa shape index (κ3) is 2.93. The summed E-state index contributed by atoms with van der Waals surface area (Å²) in [4.78, 5) is 10.4. The van der Waals surface area contributed by atoms with Gasteiger partial charge in [-0.1, -0.05) is 18.2 Å². The quantitative estimate of drug-likeness (QED) is 0.592. The highest BCUT2D eigenvalue weighted by atomic mass is 33.1. The molecule has 0 heterocycles. The van der Waals surface area contributed by atoms with Gasteiger partial charge in [0.15, 0.2) is 0 Å². The molecule has 0 aliphatic carbocycles. The van der Waals surface area contributed by atoms with E-state index in [0.29, 0.717) is 0 Å². The maximum atomic E-state index is 11.4. The van der Waals surface area contributed by atoms with Crippen molar-refractivity contribution >= 4 is 25.9 Å². The second kappa shape index (κ2) is 4.34. The number of nitrogens with two attached hydrogens (primary N) is 1. The average Bonchev–Trinajstić information content (AvgIpc) is 2.16. The summed E-state index contributed by atoms with van der Waals surface area (Å²) in [5, 5.41) is 0. The zero-order chi connectivity index (χ0) is 10.6. The third-order valence-electron chi connectivity index (χ3n) is 1.28. The summed E-state index contributed by atoms with van der Waals surface area (Å²) in [5.74, 6) is 0. The van der Waals surface area contributed by atoms with Crippen LogP contribution >= 0.6 is 11.0 Å². The molecule has 0 aliphatic heterocycles. The van der Waals surface area contributed by atoms with Crippen molar-refractivity contribution in [2.75, 3.05) is 0 Å². The Morgan fingerprint density at radius 1 is 1.29 bits per heavy atom. The molecule has 0 radical (unpaired) electrons. The molecule has 0 unspecified atom stereocenters. The third-order valence-corrected chi connectivity index (χ3v) is 4.12. The first-order chi connectivity index (χ1) is 6.52. The molecule has 0 saturated carbocycles. The Kier molecular flexibility index (Phi) is 3.37. The van der Waals surface area contributed by atoms with Crippen LogP contribution in [0.15, 0.2) is 35.2 Å². The molecule has 5 nitrogen and oxygen atoms in total. The zero-order valence-electron chi connectivity index (χ0n) is 7.01. The Morgan fingerprint density at radius 2 is 1.86 bits per heavy atom. The summed E-state index contributed by atoms with van der Waals surface area (Å²) in [6.45, 7) is 0. The van der Waals surface area contributed by atoms with E-state index in [0.717, 1.165) is 0 Å². The lowest BCUT2D eigenvalue weighted by Gasteiger charge is -2.01. The highest BCUT2D eigenvalue weighted by molar-refractivity contribution is 8.71. The van der Waals surface area contributed by atoms with Crippen LogP contribution in [0.2, 0.25) is 0 Å². The lowest BCUT2D eigenvalue weighted by molar-refractivity contribution is 0.254. The van der Waals surface area contributed by atoms with Gasteiger partial charge in [-0.15, -0.1) is 0 Å². The number of primary amides is 1. The largest absolute Gasteiger partial charge is 0.351 e. The molecule has 0 fully saturated rings. The molecular formula is C7H8N2O3S2. The number of benzene rings is 1. The van der Waals surface area contributed by atoms with Crippen LogP contribution in [0.3, 0.4) is 0 Å². The molecule has 0 aromatic heterocycles. The van der Waals surface area contributed by atoms with Crippen LogP contribution in [0.25, 0.3) is 0 Å². The number of nitrogens with one attached hydrogen (secondary N) is 1. The van der Waals surface area contributed by atoms with Crippen molar-refractivity contribution in [3.63, 3.8) is 0 Å². The van der Waals surface area contributed by atoms with E-state index in [-0.39, 0.29) is 15.9 Å². The monoisotopic (exact) mass is 232 g/mol. The van der Waals surface area contributed by atoms with E-state index in [4.69, 9.17) is 5.73 Å². The number of rotatable bonds is 3. The fraction of sp³-hybridized carbons (Fsp3) is 0. The predicted octanol–water partition coefficient (Wildman–Crippen LogP) is 0.692. The molecule has 1 aromatic rings. The molecule has 0 aliphatic rings. The lowest BCUT2D eigenvalue weighted by Crippen LogP contribution is -2.24. The van der Waals surface area contributed by atoms with Crippen LogP contribution in [0.4, 0.5) is 4.79 Å². The summed E-state index contributed by atoms with van der Waals surface area (Å²) < 4.78 is 24.8. The number of urea groups is 1. The van der Waals surface area contributed by atoms with Gasteiger partial charge in [-0.05, 0) is 12.1 Å². The van der Waals surface area contributed by atoms with E-state index in [1.165, 1.54) is 12.1 Å². The minimum Gasteiger partial charge on any atom is -0.351 e. The first kappa shape index (κ1) is 10.9. The SMILES string of the molecule is NC(=O)NSS(=O)(=O)c1ccccc1. The number of hydrogen-bond acceptors (Lipinski definition) is 4. The number of carbonyl (C=O) groups excluding carboxylic acids is 1. The molecular weight excluding hydrogens is 224 g/mol. The Morgan fingerprint density at radius 3 is 2.36 bits per heavy atom. The maximum absolute atomic E-state index is 11.4. The summed E-state index contributed by atoms with van der Waals surface area (Å²) in [7, 11) is -3.26.